The molecule has 0 amide bonds. The number of carboxylic acid groups (broad SMARTS) is 1. The van der Waals surface area contributed by atoms with E-state index in [1.54, 1.807) is 12.2 Å². The minimum absolute atomic E-state index is 0.826. The first-order valence-corrected chi connectivity index (χ1v) is 3.35. The number of hydrogen-bond acceptors (Lipinski definition) is 2. The third-order valence-corrected chi connectivity index (χ3v) is 1.74. The van der Waals surface area contributed by atoms with Crippen LogP contribution in [-0.2, 0) is 4.79 Å². The zero-order valence-electron chi connectivity index (χ0n) is 6.19. The Morgan fingerprint density at radius 1 is 1.55 bits per heavy atom. The summed E-state index contributed by atoms with van der Waals surface area (Å²) < 4.78 is -1.25. The SMILES string of the molecule is [Li][C]1(O)C=CC=CC1C(=O)O. The van der Waals surface area contributed by atoms with Gasteiger partial charge in [-0.1, -0.05) is 0 Å². The minimum atomic E-state index is -1.25. The van der Waals surface area contributed by atoms with Crippen molar-refractivity contribution in [1.29, 1.82) is 0 Å². The van der Waals surface area contributed by atoms with Crippen molar-refractivity contribution in [3.63, 3.8) is 0 Å². The Balaban J connectivity index is 2.89. The molecule has 0 radical (unpaired) electrons. The molecular formula is C7H7LiO3. The van der Waals surface area contributed by atoms with Crippen molar-refractivity contribution < 1.29 is 15.0 Å². The zero-order chi connectivity index (χ0) is 8.48. The maximum atomic E-state index is 10.5. The van der Waals surface area contributed by atoms with E-state index in [0.29, 0.717) is 0 Å². The summed E-state index contributed by atoms with van der Waals surface area (Å²) in [5.74, 6) is -1.83. The fraction of sp³-hybridized carbons (Fsp3) is 0.286. The van der Waals surface area contributed by atoms with Crippen LogP contribution >= 0.6 is 0 Å². The molecule has 0 saturated heterocycles. The van der Waals surface area contributed by atoms with Gasteiger partial charge in [0.05, 0.1) is 0 Å². The second kappa shape index (κ2) is 2.86. The summed E-state index contributed by atoms with van der Waals surface area (Å²) in [4.78, 5) is 10.5. The van der Waals surface area contributed by atoms with Gasteiger partial charge >= 0.3 is 73.2 Å². The van der Waals surface area contributed by atoms with Crippen molar-refractivity contribution in [3.8, 4) is 0 Å². The molecule has 0 heterocycles. The molecule has 0 bridgehead atoms. The predicted molar refractivity (Wildman–Crippen MR) is 40.1 cm³/mol. The number of aliphatic hydroxyl groups is 1. The second-order valence-corrected chi connectivity index (χ2v) is 2.79. The van der Waals surface area contributed by atoms with E-state index in [4.69, 9.17) is 5.11 Å². The van der Waals surface area contributed by atoms with Crippen molar-refractivity contribution in [2.45, 2.75) is 4.27 Å². The summed E-state index contributed by atoms with van der Waals surface area (Å²) in [6.07, 6.45) is 6.21. The van der Waals surface area contributed by atoms with Crippen molar-refractivity contribution in [3.05, 3.63) is 24.3 Å². The molecule has 54 valence electrons. The van der Waals surface area contributed by atoms with Crippen molar-refractivity contribution in [2.24, 2.45) is 5.92 Å². The summed E-state index contributed by atoms with van der Waals surface area (Å²) in [6.45, 7) is 0. The van der Waals surface area contributed by atoms with Gasteiger partial charge in [-0.15, -0.1) is 0 Å². The molecular weight excluding hydrogens is 139 g/mol. The Labute approximate surface area is 73.6 Å². The molecule has 0 aromatic carbocycles. The van der Waals surface area contributed by atoms with Crippen LogP contribution in [0.2, 0.25) is 0 Å². The van der Waals surface area contributed by atoms with Gasteiger partial charge in [-0.2, -0.15) is 0 Å². The third-order valence-electron chi connectivity index (χ3n) is 1.74. The second-order valence-electron chi connectivity index (χ2n) is 2.79. The number of carboxylic acids is 1. The van der Waals surface area contributed by atoms with E-state index in [1.807, 2.05) is 0 Å². The molecule has 2 unspecified atom stereocenters. The normalized spacial score (nSPS) is 35.7. The van der Waals surface area contributed by atoms with Gasteiger partial charge in [-0.3, -0.25) is 0 Å². The Morgan fingerprint density at radius 2 is 2.18 bits per heavy atom. The zero-order valence-corrected chi connectivity index (χ0v) is 6.19. The number of hydrogen-bond donors (Lipinski definition) is 2. The fourth-order valence-corrected chi connectivity index (χ4v) is 1.06. The molecule has 4 heteroatoms. The van der Waals surface area contributed by atoms with E-state index in [1.165, 1.54) is 29.9 Å². The molecule has 0 aromatic heterocycles. The van der Waals surface area contributed by atoms with E-state index < -0.39 is 16.2 Å². The van der Waals surface area contributed by atoms with Crippen LogP contribution in [0.25, 0.3) is 0 Å². The average molecular weight is 146 g/mol. The first-order valence-electron chi connectivity index (χ1n) is 3.35. The summed E-state index contributed by atoms with van der Waals surface area (Å²) in [6, 6.07) is 0. The van der Waals surface area contributed by atoms with Crippen LogP contribution in [0.3, 0.4) is 0 Å². The van der Waals surface area contributed by atoms with Gasteiger partial charge in [0.2, 0.25) is 0 Å². The van der Waals surface area contributed by atoms with E-state index in [9.17, 15) is 9.90 Å². The van der Waals surface area contributed by atoms with Crippen LogP contribution in [0.4, 0.5) is 0 Å². The Morgan fingerprint density at radius 3 is 2.55 bits per heavy atom. The van der Waals surface area contributed by atoms with E-state index in [-0.39, 0.29) is 0 Å². The first-order chi connectivity index (χ1) is 5.04. The molecule has 0 aliphatic heterocycles. The third kappa shape index (κ3) is 1.75. The van der Waals surface area contributed by atoms with Crippen LogP contribution in [-0.4, -0.2) is 38.2 Å². The van der Waals surface area contributed by atoms with Crippen LogP contribution in [0.5, 0.6) is 0 Å². The molecule has 1 rings (SSSR count). The van der Waals surface area contributed by atoms with E-state index >= 15 is 0 Å². The molecule has 11 heavy (non-hydrogen) atoms. The average Bonchev–Trinajstić information content (AvgIpc) is 1.85. The van der Waals surface area contributed by atoms with Gasteiger partial charge in [0.25, 0.3) is 0 Å². The summed E-state index contributed by atoms with van der Waals surface area (Å²) in [5.41, 5.74) is 0. The van der Waals surface area contributed by atoms with Crippen molar-refractivity contribution in [1.82, 2.24) is 0 Å². The summed E-state index contributed by atoms with van der Waals surface area (Å²) in [5, 5.41) is 18.1. The van der Waals surface area contributed by atoms with Crippen LogP contribution in [0.1, 0.15) is 0 Å². The molecule has 3 nitrogen and oxygen atoms in total. The van der Waals surface area contributed by atoms with Gasteiger partial charge in [0, 0.05) is 0 Å². The van der Waals surface area contributed by atoms with Crippen molar-refractivity contribution >= 4 is 23.7 Å². The van der Waals surface area contributed by atoms with E-state index in [0.717, 1.165) is 0 Å². The Kier molecular flexibility index (Phi) is 2.24. The molecule has 1 aliphatic carbocycles. The summed E-state index contributed by atoms with van der Waals surface area (Å²) in [7, 11) is 0. The van der Waals surface area contributed by atoms with Gasteiger partial charge in [0.1, 0.15) is 0 Å². The number of rotatable bonds is 1. The Bertz CT molecular complexity index is 230. The Hall–Kier alpha value is -0.493. The van der Waals surface area contributed by atoms with Gasteiger partial charge in [-0.05, 0) is 0 Å². The number of aliphatic carboxylic acids is 1. The quantitative estimate of drug-likeness (QED) is 0.498. The maximum absolute atomic E-state index is 10.5. The van der Waals surface area contributed by atoms with Gasteiger partial charge in [-0.25, -0.2) is 0 Å². The van der Waals surface area contributed by atoms with Crippen LogP contribution in [0.15, 0.2) is 24.3 Å². The molecule has 0 spiro atoms. The van der Waals surface area contributed by atoms with E-state index in [2.05, 4.69) is 0 Å². The van der Waals surface area contributed by atoms with Crippen molar-refractivity contribution in [2.75, 3.05) is 0 Å². The molecule has 1 aliphatic rings. The number of allylic oxidation sites excluding steroid dienone is 2. The molecule has 2 atom stereocenters. The predicted octanol–water partition coefficient (Wildman–Crippen LogP) is -0.330. The standard InChI is InChI=1S/C7H7O3.Li/c8-6-4-2-1-3-5(6)7(9)10;/h1-5,8H,(H,9,10);. The molecule has 0 aromatic rings. The molecule has 2 N–H and O–H groups in total. The van der Waals surface area contributed by atoms with Gasteiger partial charge < -0.3 is 0 Å². The van der Waals surface area contributed by atoms with Gasteiger partial charge in [0.15, 0.2) is 0 Å². The molecule has 0 fully saturated rings. The fourth-order valence-electron chi connectivity index (χ4n) is 1.06. The topological polar surface area (TPSA) is 57.5 Å². The monoisotopic (exact) mass is 146 g/mol. The molecule has 0 saturated carbocycles. The van der Waals surface area contributed by atoms with Crippen LogP contribution < -0.4 is 0 Å². The van der Waals surface area contributed by atoms with Crippen LogP contribution in [0, 0.1) is 5.92 Å². The first kappa shape index (κ1) is 8.60. The summed E-state index contributed by atoms with van der Waals surface area (Å²) >= 11 is 1.48. The number of carbonyl (C=O) groups is 1.